The lowest BCUT2D eigenvalue weighted by atomic mass is 10.0. The van der Waals surface area contributed by atoms with Crippen LogP contribution in [-0.2, 0) is 4.79 Å². The van der Waals surface area contributed by atoms with Crippen molar-refractivity contribution in [1.82, 2.24) is 9.80 Å². The molecular weight excluding hydrogens is 208 g/mol. The van der Waals surface area contributed by atoms with Crippen LogP contribution in [0.25, 0.3) is 0 Å². The van der Waals surface area contributed by atoms with Crippen molar-refractivity contribution in [3.63, 3.8) is 0 Å². The molecular formula is C11H18N2O3. The van der Waals surface area contributed by atoms with Crippen molar-refractivity contribution in [3.8, 4) is 0 Å². The number of urea groups is 1. The molecule has 0 aliphatic carbocycles. The summed E-state index contributed by atoms with van der Waals surface area (Å²) in [6.45, 7) is 4.05. The lowest BCUT2D eigenvalue weighted by Gasteiger charge is -2.28. The zero-order valence-corrected chi connectivity index (χ0v) is 9.56. The lowest BCUT2D eigenvalue weighted by Crippen LogP contribution is -2.45. The highest BCUT2D eigenvalue weighted by Crippen LogP contribution is 2.26. The predicted octanol–water partition coefficient (Wildman–Crippen LogP) is 0.997. The van der Waals surface area contributed by atoms with Crippen LogP contribution in [0.2, 0.25) is 0 Å². The van der Waals surface area contributed by atoms with Gasteiger partial charge in [-0.15, -0.1) is 0 Å². The Kier molecular flexibility index (Phi) is 3.03. The third-order valence-corrected chi connectivity index (χ3v) is 3.69. The van der Waals surface area contributed by atoms with E-state index in [9.17, 15) is 9.59 Å². The smallest absolute Gasteiger partial charge is 0.320 e. The molecule has 1 N–H and O–H groups in total. The number of carboxylic acids is 1. The number of likely N-dealkylation sites (tertiary alicyclic amines) is 2. The van der Waals surface area contributed by atoms with Crippen molar-refractivity contribution in [2.24, 2.45) is 5.92 Å². The first kappa shape index (κ1) is 11.2. The molecule has 5 heteroatoms. The molecule has 2 fully saturated rings. The maximum atomic E-state index is 12.1. The van der Waals surface area contributed by atoms with Gasteiger partial charge in [0.05, 0.1) is 5.92 Å². The number of carboxylic acid groups (broad SMARTS) is 1. The third-order valence-electron chi connectivity index (χ3n) is 3.69. The molecule has 2 saturated heterocycles. The van der Waals surface area contributed by atoms with Crippen LogP contribution in [-0.4, -0.2) is 52.6 Å². The van der Waals surface area contributed by atoms with Gasteiger partial charge in [0.2, 0.25) is 0 Å². The van der Waals surface area contributed by atoms with E-state index in [2.05, 4.69) is 0 Å². The highest BCUT2D eigenvalue weighted by Gasteiger charge is 2.39. The number of hydrogen-bond donors (Lipinski definition) is 1. The molecule has 0 aromatic rings. The topological polar surface area (TPSA) is 60.9 Å². The van der Waals surface area contributed by atoms with Crippen LogP contribution in [0, 0.1) is 5.92 Å². The maximum Gasteiger partial charge on any atom is 0.320 e. The fourth-order valence-corrected chi connectivity index (χ4v) is 2.63. The molecule has 0 aromatic carbocycles. The van der Waals surface area contributed by atoms with E-state index in [0.29, 0.717) is 13.0 Å². The maximum absolute atomic E-state index is 12.1. The Labute approximate surface area is 95.0 Å². The normalized spacial score (nSPS) is 29.8. The predicted molar refractivity (Wildman–Crippen MR) is 58.1 cm³/mol. The molecule has 0 bridgehead atoms. The number of rotatable bonds is 1. The Balaban J connectivity index is 2.00. The van der Waals surface area contributed by atoms with Gasteiger partial charge in [-0.05, 0) is 26.2 Å². The fourth-order valence-electron chi connectivity index (χ4n) is 2.63. The van der Waals surface area contributed by atoms with Crippen LogP contribution in [0.5, 0.6) is 0 Å². The second-order valence-corrected chi connectivity index (χ2v) is 4.64. The van der Waals surface area contributed by atoms with Crippen molar-refractivity contribution < 1.29 is 14.7 Å². The van der Waals surface area contributed by atoms with Crippen LogP contribution in [0.4, 0.5) is 4.79 Å². The molecule has 2 aliphatic heterocycles. The van der Waals surface area contributed by atoms with Crippen molar-refractivity contribution in [2.45, 2.75) is 32.2 Å². The summed E-state index contributed by atoms with van der Waals surface area (Å²) in [5.74, 6) is -1.18. The van der Waals surface area contributed by atoms with Crippen LogP contribution >= 0.6 is 0 Å². The summed E-state index contributed by atoms with van der Waals surface area (Å²) in [7, 11) is 0. The van der Waals surface area contributed by atoms with Crippen LogP contribution in [0.1, 0.15) is 26.2 Å². The molecule has 2 heterocycles. The monoisotopic (exact) mass is 226 g/mol. The summed E-state index contributed by atoms with van der Waals surface area (Å²) in [6, 6.07) is -0.153. The molecule has 5 nitrogen and oxygen atoms in total. The molecule has 2 amide bonds. The van der Waals surface area contributed by atoms with Gasteiger partial charge in [0.15, 0.2) is 0 Å². The molecule has 2 unspecified atom stereocenters. The molecule has 0 spiro atoms. The van der Waals surface area contributed by atoms with Crippen molar-refractivity contribution in [2.75, 3.05) is 19.6 Å². The second kappa shape index (κ2) is 4.31. The molecule has 2 aliphatic rings. The van der Waals surface area contributed by atoms with Gasteiger partial charge in [0.25, 0.3) is 0 Å². The summed E-state index contributed by atoms with van der Waals surface area (Å²) in [4.78, 5) is 26.6. The first-order valence-electron chi connectivity index (χ1n) is 5.89. The molecule has 0 aromatic heterocycles. The van der Waals surface area contributed by atoms with Gasteiger partial charge in [0.1, 0.15) is 0 Å². The fraction of sp³-hybridized carbons (Fsp3) is 0.818. The summed E-state index contributed by atoms with van der Waals surface area (Å²) in [5, 5.41) is 9.00. The lowest BCUT2D eigenvalue weighted by molar-refractivity contribution is -0.142. The first-order chi connectivity index (χ1) is 7.61. The number of aliphatic carboxylic acids is 1. The minimum atomic E-state index is -0.788. The summed E-state index contributed by atoms with van der Waals surface area (Å²) in [6.07, 6.45) is 2.71. The zero-order valence-electron chi connectivity index (χ0n) is 9.56. The highest BCUT2D eigenvalue weighted by atomic mass is 16.4. The largest absolute Gasteiger partial charge is 0.481 e. The van der Waals surface area contributed by atoms with Gasteiger partial charge in [0, 0.05) is 25.7 Å². The van der Waals surface area contributed by atoms with E-state index in [1.165, 1.54) is 0 Å². The van der Waals surface area contributed by atoms with Crippen molar-refractivity contribution in [3.05, 3.63) is 0 Å². The second-order valence-electron chi connectivity index (χ2n) is 4.64. The third kappa shape index (κ3) is 1.86. The average molecular weight is 226 g/mol. The van der Waals surface area contributed by atoms with E-state index in [1.807, 2.05) is 11.8 Å². The van der Waals surface area contributed by atoms with E-state index in [4.69, 9.17) is 5.11 Å². The zero-order chi connectivity index (χ0) is 11.7. The Morgan fingerprint density at radius 3 is 2.31 bits per heavy atom. The molecule has 0 saturated carbocycles. The van der Waals surface area contributed by atoms with Gasteiger partial charge in [-0.2, -0.15) is 0 Å². The molecule has 16 heavy (non-hydrogen) atoms. The Bertz CT molecular complexity index is 300. The average Bonchev–Trinajstić information content (AvgIpc) is 2.84. The molecule has 2 rings (SSSR count). The van der Waals surface area contributed by atoms with Crippen LogP contribution in [0.3, 0.4) is 0 Å². The van der Waals surface area contributed by atoms with Crippen molar-refractivity contribution >= 4 is 12.0 Å². The standard InChI is InChI=1S/C11H18N2O3/c1-8-9(10(14)15)4-7-13(8)11(16)12-5-2-3-6-12/h8-9H,2-7H2,1H3,(H,14,15). The Morgan fingerprint density at radius 2 is 1.81 bits per heavy atom. The van der Waals surface area contributed by atoms with Gasteiger partial charge in [-0.1, -0.05) is 0 Å². The summed E-state index contributed by atoms with van der Waals surface area (Å²) < 4.78 is 0. The Hall–Kier alpha value is -1.26. The quantitative estimate of drug-likeness (QED) is 0.725. The summed E-state index contributed by atoms with van der Waals surface area (Å²) in [5.41, 5.74) is 0. The SMILES string of the molecule is CC1C(C(=O)O)CCN1C(=O)N1CCCC1. The number of amides is 2. The van der Waals surface area contributed by atoms with Crippen LogP contribution < -0.4 is 0 Å². The number of nitrogens with zero attached hydrogens (tertiary/aromatic N) is 2. The van der Waals surface area contributed by atoms with Gasteiger partial charge in [-0.25, -0.2) is 4.79 Å². The number of carbonyl (C=O) groups is 2. The first-order valence-corrected chi connectivity index (χ1v) is 5.89. The summed E-state index contributed by atoms with van der Waals surface area (Å²) >= 11 is 0. The van der Waals surface area contributed by atoms with Crippen LogP contribution in [0.15, 0.2) is 0 Å². The van der Waals surface area contributed by atoms with E-state index in [-0.39, 0.29) is 12.1 Å². The Morgan fingerprint density at radius 1 is 1.19 bits per heavy atom. The minimum Gasteiger partial charge on any atom is -0.481 e. The van der Waals surface area contributed by atoms with E-state index >= 15 is 0 Å². The molecule has 2 atom stereocenters. The number of carbonyl (C=O) groups excluding carboxylic acids is 1. The van der Waals surface area contributed by atoms with Gasteiger partial charge in [-0.3, -0.25) is 4.79 Å². The number of hydrogen-bond acceptors (Lipinski definition) is 2. The van der Waals surface area contributed by atoms with Gasteiger partial charge >= 0.3 is 12.0 Å². The van der Waals surface area contributed by atoms with Gasteiger partial charge < -0.3 is 14.9 Å². The van der Waals surface area contributed by atoms with E-state index < -0.39 is 11.9 Å². The molecule has 0 radical (unpaired) electrons. The minimum absolute atomic E-state index is 0.0220. The molecule has 90 valence electrons. The van der Waals surface area contributed by atoms with E-state index in [1.54, 1.807) is 4.90 Å². The van der Waals surface area contributed by atoms with Crippen molar-refractivity contribution in [1.29, 1.82) is 0 Å². The highest BCUT2D eigenvalue weighted by molar-refractivity contribution is 5.78. The van der Waals surface area contributed by atoms with E-state index in [0.717, 1.165) is 25.9 Å².